The maximum absolute atomic E-state index is 12.2. The molecule has 0 amide bonds. The second-order valence-corrected chi connectivity index (χ2v) is 9.59. The molecule has 2 rings (SSSR count). The van der Waals surface area contributed by atoms with Crippen molar-refractivity contribution in [1.82, 2.24) is 5.32 Å². The van der Waals surface area contributed by atoms with Crippen LogP contribution in [-0.2, 0) is 16.1 Å². The van der Waals surface area contributed by atoms with Gasteiger partial charge in [0, 0.05) is 19.5 Å². The number of hydrogen-bond acceptors (Lipinski definition) is 5. The molecule has 0 spiro atoms. The van der Waals surface area contributed by atoms with Crippen molar-refractivity contribution < 1.29 is 14.7 Å². The summed E-state index contributed by atoms with van der Waals surface area (Å²) in [6.07, 6.45) is 8.57. The van der Waals surface area contributed by atoms with Crippen LogP contribution in [0.3, 0.4) is 0 Å². The number of Topliss-reactive ketones (excluding diaryl/α,β-unsaturated/α-hetero) is 1. The highest BCUT2D eigenvalue weighted by molar-refractivity contribution is 5.95. The molecule has 0 fully saturated rings. The lowest BCUT2D eigenvalue weighted by molar-refractivity contribution is -0.140. The van der Waals surface area contributed by atoms with E-state index >= 15 is 0 Å². The number of allylic oxidation sites excluding steroid dienone is 2. The van der Waals surface area contributed by atoms with Gasteiger partial charge in [-0.2, -0.15) is 0 Å². The normalized spacial score (nSPS) is 16.2. The first-order valence-electron chi connectivity index (χ1n) is 13.7. The summed E-state index contributed by atoms with van der Waals surface area (Å²) >= 11 is 0. The van der Waals surface area contributed by atoms with E-state index in [4.69, 9.17) is 0 Å². The van der Waals surface area contributed by atoms with Gasteiger partial charge in [-0.25, -0.2) is 0 Å². The highest BCUT2D eigenvalue weighted by Gasteiger charge is 2.30. The summed E-state index contributed by atoms with van der Waals surface area (Å²) < 4.78 is 0. The molecule has 0 bridgehead atoms. The Morgan fingerprint density at radius 2 is 1.89 bits per heavy atom. The molecule has 6 nitrogen and oxygen atoms in total. The number of aliphatic carboxylic acids is 1. The van der Waals surface area contributed by atoms with Gasteiger partial charge in [0.15, 0.2) is 5.78 Å². The molecule has 0 aliphatic carbocycles. The Bertz CT molecular complexity index is 905. The molecule has 0 saturated heterocycles. The Morgan fingerprint density at radius 3 is 2.44 bits per heavy atom. The molecular weight excluding hydrogens is 450 g/mol. The highest BCUT2D eigenvalue weighted by Crippen LogP contribution is 2.38. The zero-order valence-electron chi connectivity index (χ0n) is 23.8. The minimum atomic E-state index is -0.809. The SMILES string of the molecule is C/C=C(\C=C(\C)C(=O)CC)C1Nc2cc(CNC(CC(C)C)C(=O)O)ccc2N1CCCCC.CC. The predicted molar refractivity (Wildman–Crippen MR) is 153 cm³/mol. The number of benzene rings is 1. The monoisotopic (exact) mass is 499 g/mol. The minimum absolute atomic E-state index is 0.0348. The van der Waals surface area contributed by atoms with Gasteiger partial charge in [-0.05, 0) is 67.5 Å². The Hall–Kier alpha value is -2.60. The second kappa shape index (κ2) is 16.2. The van der Waals surface area contributed by atoms with Crippen molar-refractivity contribution in [1.29, 1.82) is 0 Å². The number of carboxylic acids is 1. The Balaban J connectivity index is 0.00000316. The third-order valence-corrected chi connectivity index (χ3v) is 6.33. The zero-order valence-corrected chi connectivity index (χ0v) is 23.8. The quantitative estimate of drug-likeness (QED) is 0.146. The molecule has 1 aromatic rings. The van der Waals surface area contributed by atoms with E-state index in [9.17, 15) is 14.7 Å². The number of carboxylic acid groups (broad SMARTS) is 1. The number of carbonyl (C=O) groups is 2. The highest BCUT2D eigenvalue weighted by atomic mass is 16.4. The summed E-state index contributed by atoms with van der Waals surface area (Å²) in [5.41, 5.74) is 5.09. The number of rotatable bonds is 14. The molecular formula is C30H49N3O3. The van der Waals surface area contributed by atoms with E-state index in [0.29, 0.717) is 25.3 Å². The van der Waals surface area contributed by atoms with Crippen LogP contribution in [-0.4, -0.2) is 35.6 Å². The molecule has 1 heterocycles. The van der Waals surface area contributed by atoms with Crippen molar-refractivity contribution in [2.75, 3.05) is 16.8 Å². The average Bonchev–Trinajstić information content (AvgIpc) is 3.22. The molecule has 1 aliphatic heterocycles. The van der Waals surface area contributed by atoms with Crippen LogP contribution in [0.25, 0.3) is 0 Å². The number of hydrogen-bond donors (Lipinski definition) is 3. The standard InChI is InChI=1S/C28H43N3O3.C2H6/c1-7-10-11-14-31-25-13-12-21(18-29-24(28(33)34)15-19(4)5)17-23(25)30-27(31)22(8-2)16-20(6)26(32)9-3;1-2/h8,12-13,16-17,19,24,27,29-30H,7,9-11,14-15,18H2,1-6H3,(H,33,34);1-2H3/b20-16-,22-8+;. The number of ketones is 1. The molecule has 0 radical (unpaired) electrons. The van der Waals surface area contributed by atoms with E-state index in [0.717, 1.165) is 47.5 Å². The molecule has 0 saturated carbocycles. The maximum atomic E-state index is 12.2. The van der Waals surface area contributed by atoms with Crippen molar-refractivity contribution in [2.24, 2.45) is 5.92 Å². The van der Waals surface area contributed by atoms with Gasteiger partial charge in [0.05, 0.1) is 11.4 Å². The summed E-state index contributed by atoms with van der Waals surface area (Å²) in [5.74, 6) is -0.338. The lowest BCUT2D eigenvalue weighted by Crippen LogP contribution is -2.37. The molecule has 1 aromatic carbocycles. The molecule has 2 unspecified atom stereocenters. The summed E-state index contributed by atoms with van der Waals surface area (Å²) in [6.45, 7) is 17.5. The first kappa shape index (κ1) is 31.4. The molecule has 1 aliphatic rings. The molecule has 3 N–H and O–H groups in total. The fourth-order valence-corrected chi connectivity index (χ4v) is 4.38. The number of fused-ring (bicyclic) bond motifs is 1. The van der Waals surface area contributed by atoms with E-state index < -0.39 is 12.0 Å². The van der Waals surface area contributed by atoms with Crippen molar-refractivity contribution in [3.05, 3.63) is 47.1 Å². The Morgan fingerprint density at radius 1 is 1.19 bits per heavy atom. The summed E-state index contributed by atoms with van der Waals surface area (Å²) in [7, 11) is 0. The van der Waals surface area contributed by atoms with Crippen molar-refractivity contribution in [3.8, 4) is 0 Å². The summed E-state index contributed by atoms with van der Waals surface area (Å²) in [6, 6.07) is 5.77. The van der Waals surface area contributed by atoms with Gasteiger partial charge in [-0.1, -0.05) is 66.5 Å². The smallest absolute Gasteiger partial charge is 0.320 e. The van der Waals surface area contributed by atoms with Crippen LogP contribution in [0.5, 0.6) is 0 Å². The zero-order chi connectivity index (χ0) is 27.3. The van der Waals surface area contributed by atoms with Crippen LogP contribution < -0.4 is 15.5 Å². The third kappa shape index (κ3) is 9.12. The fraction of sp³-hybridized carbons (Fsp3) is 0.600. The van der Waals surface area contributed by atoms with Crippen LogP contribution in [0, 0.1) is 5.92 Å². The topological polar surface area (TPSA) is 81.7 Å². The van der Waals surface area contributed by atoms with E-state index in [1.165, 1.54) is 6.42 Å². The predicted octanol–water partition coefficient (Wildman–Crippen LogP) is 6.92. The summed E-state index contributed by atoms with van der Waals surface area (Å²) in [5, 5.41) is 16.4. The molecule has 2 atom stereocenters. The van der Waals surface area contributed by atoms with Gasteiger partial charge < -0.3 is 20.6 Å². The number of nitrogens with zero attached hydrogens (tertiary/aromatic N) is 1. The van der Waals surface area contributed by atoms with Gasteiger partial charge in [0.1, 0.15) is 12.2 Å². The average molecular weight is 500 g/mol. The molecule has 36 heavy (non-hydrogen) atoms. The lowest BCUT2D eigenvalue weighted by atomic mass is 10.0. The second-order valence-electron chi connectivity index (χ2n) is 9.59. The minimum Gasteiger partial charge on any atom is -0.480 e. The van der Waals surface area contributed by atoms with Crippen LogP contribution in [0.1, 0.15) is 93.1 Å². The van der Waals surface area contributed by atoms with Crippen molar-refractivity contribution >= 4 is 23.1 Å². The maximum Gasteiger partial charge on any atom is 0.320 e. The van der Waals surface area contributed by atoms with Gasteiger partial charge in [0.2, 0.25) is 0 Å². The van der Waals surface area contributed by atoms with E-state index in [1.54, 1.807) is 0 Å². The number of nitrogens with one attached hydrogen (secondary N) is 2. The molecule has 202 valence electrons. The lowest BCUT2D eigenvalue weighted by Gasteiger charge is -2.28. The first-order valence-corrected chi connectivity index (χ1v) is 13.7. The van der Waals surface area contributed by atoms with E-state index in [-0.39, 0.29) is 11.9 Å². The van der Waals surface area contributed by atoms with Gasteiger partial charge in [0.25, 0.3) is 0 Å². The first-order chi connectivity index (χ1) is 17.2. The Labute approximate surface area is 219 Å². The van der Waals surface area contributed by atoms with Crippen molar-refractivity contribution in [2.45, 2.75) is 106 Å². The Kier molecular flexibility index (Phi) is 14.1. The van der Waals surface area contributed by atoms with Gasteiger partial charge in [-0.3, -0.25) is 9.59 Å². The fourth-order valence-electron chi connectivity index (χ4n) is 4.38. The van der Waals surface area contributed by atoms with Gasteiger partial charge in [-0.15, -0.1) is 0 Å². The van der Waals surface area contributed by atoms with Crippen molar-refractivity contribution in [3.63, 3.8) is 0 Å². The largest absolute Gasteiger partial charge is 0.480 e. The number of anilines is 2. The van der Waals surface area contributed by atoms with Gasteiger partial charge >= 0.3 is 5.97 Å². The molecule has 0 aromatic heterocycles. The van der Waals surface area contributed by atoms with Crippen LogP contribution in [0.2, 0.25) is 0 Å². The van der Waals surface area contributed by atoms with Crippen LogP contribution in [0.15, 0.2) is 41.5 Å². The number of carbonyl (C=O) groups excluding carboxylic acids is 1. The van der Waals surface area contributed by atoms with Crippen LogP contribution >= 0.6 is 0 Å². The summed E-state index contributed by atoms with van der Waals surface area (Å²) in [4.78, 5) is 26.2. The number of unbranched alkanes of at least 4 members (excludes halogenated alkanes) is 2. The van der Waals surface area contributed by atoms with E-state index in [1.807, 2.05) is 54.5 Å². The van der Waals surface area contributed by atoms with E-state index in [2.05, 4.69) is 46.7 Å². The third-order valence-electron chi connectivity index (χ3n) is 6.33. The van der Waals surface area contributed by atoms with Crippen LogP contribution in [0.4, 0.5) is 11.4 Å². The molecule has 6 heteroatoms.